The zero-order valence-corrected chi connectivity index (χ0v) is 15.0. The van der Waals surface area contributed by atoms with Crippen molar-refractivity contribution >= 4 is 22.4 Å². The minimum absolute atomic E-state index is 0.0670. The van der Waals surface area contributed by atoms with Crippen LogP contribution in [-0.4, -0.2) is 53.6 Å². The number of hydrogen-bond acceptors (Lipinski definition) is 6. The van der Waals surface area contributed by atoms with E-state index in [4.69, 9.17) is 4.74 Å². The van der Waals surface area contributed by atoms with Gasteiger partial charge in [-0.25, -0.2) is 4.98 Å². The first kappa shape index (κ1) is 16.1. The van der Waals surface area contributed by atoms with E-state index in [0.717, 1.165) is 31.3 Å². The van der Waals surface area contributed by atoms with Crippen LogP contribution in [0, 0.1) is 11.8 Å². The Labute approximate surface area is 149 Å². The summed E-state index contributed by atoms with van der Waals surface area (Å²) in [6.45, 7) is 3.34. The summed E-state index contributed by atoms with van der Waals surface area (Å²) >= 11 is 1.66. The zero-order valence-electron chi connectivity index (χ0n) is 14.2. The smallest absolute Gasteiger partial charge is 0.259 e. The number of ether oxygens (including phenoxy) is 1. The Hall–Kier alpha value is -2.35. The number of rotatable bonds is 3. The molecule has 0 aromatic carbocycles. The number of carbonyl (C=O) groups is 1. The Morgan fingerprint density at radius 1 is 1.28 bits per heavy atom. The van der Waals surface area contributed by atoms with E-state index in [2.05, 4.69) is 9.88 Å². The molecule has 8 heteroatoms. The van der Waals surface area contributed by atoms with Crippen molar-refractivity contribution in [2.24, 2.45) is 18.9 Å². The Morgan fingerprint density at radius 2 is 2.00 bits per heavy atom. The molecule has 0 N–H and O–H groups in total. The lowest BCUT2D eigenvalue weighted by Gasteiger charge is -2.22. The third-order valence-electron chi connectivity index (χ3n) is 5.10. The molecular weight excluding hydrogens is 340 g/mol. The topological polar surface area (TPSA) is 67.7 Å². The predicted octanol–water partition coefficient (Wildman–Crippen LogP) is 1.06. The lowest BCUT2D eigenvalue weighted by molar-refractivity contribution is 0.0778. The minimum Gasteiger partial charge on any atom is -0.496 e. The summed E-state index contributed by atoms with van der Waals surface area (Å²) in [6.07, 6.45) is 3.40. The van der Waals surface area contributed by atoms with Crippen molar-refractivity contribution < 1.29 is 9.53 Å². The van der Waals surface area contributed by atoms with E-state index in [1.54, 1.807) is 24.6 Å². The van der Waals surface area contributed by atoms with Gasteiger partial charge in [-0.2, -0.15) is 0 Å². The molecule has 2 aliphatic heterocycles. The zero-order chi connectivity index (χ0) is 17.6. The monoisotopic (exact) mass is 360 g/mol. The van der Waals surface area contributed by atoms with E-state index in [1.165, 1.54) is 17.7 Å². The van der Waals surface area contributed by atoms with Crippen LogP contribution >= 0.6 is 11.3 Å². The molecule has 25 heavy (non-hydrogen) atoms. The number of thiazole rings is 1. The standard InChI is InChI=1S/C17H20N4O3S/c1-19-10-13(14(24-2)5-15(19)22)16(23)20-6-11-8-21(9-12(11)7-20)17-18-3-4-25-17/h3-5,10-12H,6-9H2,1-2H3. The molecule has 0 spiro atoms. The average Bonchev–Trinajstić information content (AvgIpc) is 3.31. The minimum atomic E-state index is -0.189. The van der Waals surface area contributed by atoms with Gasteiger partial charge in [0, 0.05) is 68.9 Å². The number of hydrogen-bond donors (Lipinski definition) is 0. The maximum Gasteiger partial charge on any atom is 0.259 e. The third kappa shape index (κ3) is 2.80. The van der Waals surface area contributed by atoms with Gasteiger partial charge in [0.25, 0.3) is 11.5 Å². The second kappa shape index (κ2) is 6.18. The molecule has 0 aliphatic carbocycles. The van der Waals surface area contributed by atoms with Crippen LogP contribution < -0.4 is 15.2 Å². The molecule has 132 valence electrons. The van der Waals surface area contributed by atoms with Crippen LogP contribution in [0.2, 0.25) is 0 Å². The van der Waals surface area contributed by atoms with Crippen molar-refractivity contribution in [3.05, 3.63) is 39.8 Å². The first-order valence-electron chi connectivity index (χ1n) is 8.25. The molecule has 2 saturated heterocycles. The second-order valence-electron chi connectivity index (χ2n) is 6.65. The SMILES string of the molecule is COc1cc(=O)n(C)cc1C(=O)N1CC2CN(c3nccs3)CC2C1. The van der Waals surface area contributed by atoms with E-state index >= 15 is 0 Å². The fourth-order valence-corrected chi connectivity index (χ4v) is 4.46. The van der Waals surface area contributed by atoms with Crippen molar-refractivity contribution in [2.75, 3.05) is 38.2 Å². The summed E-state index contributed by atoms with van der Waals surface area (Å²) in [4.78, 5) is 33.3. The van der Waals surface area contributed by atoms with Crippen LogP contribution in [0.1, 0.15) is 10.4 Å². The van der Waals surface area contributed by atoms with Crippen molar-refractivity contribution in [3.63, 3.8) is 0 Å². The third-order valence-corrected chi connectivity index (χ3v) is 5.94. The molecule has 7 nitrogen and oxygen atoms in total. The molecule has 0 saturated carbocycles. The molecular formula is C17H20N4O3S. The molecule has 2 atom stereocenters. The van der Waals surface area contributed by atoms with Crippen LogP contribution in [0.5, 0.6) is 5.75 Å². The summed E-state index contributed by atoms with van der Waals surface area (Å²) in [7, 11) is 3.12. The lowest BCUT2D eigenvalue weighted by Crippen LogP contribution is -2.34. The molecule has 2 aromatic rings. The molecule has 0 radical (unpaired) electrons. The summed E-state index contributed by atoms with van der Waals surface area (Å²) in [6, 6.07) is 1.37. The number of pyridine rings is 1. The number of carbonyl (C=O) groups excluding carboxylic acids is 1. The molecule has 2 fully saturated rings. The molecule has 4 rings (SSSR count). The van der Waals surface area contributed by atoms with E-state index in [1.807, 2.05) is 16.5 Å². The Morgan fingerprint density at radius 3 is 2.60 bits per heavy atom. The van der Waals surface area contributed by atoms with Gasteiger partial charge >= 0.3 is 0 Å². The Balaban J connectivity index is 1.50. The fraction of sp³-hybridized carbons (Fsp3) is 0.471. The number of aromatic nitrogens is 2. The summed E-state index contributed by atoms with van der Waals surface area (Å²) in [5.74, 6) is 1.20. The van der Waals surface area contributed by atoms with Crippen LogP contribution in [0.15, 0.2) is 28.6 Å². The first-order chi connectivity index (χ1) is 12.1. The number of anilines is 1. The fourth-order valence-electron chi connectivity index (χ4n) is 3.80. The second-order valence-corrected chi connectivity index (χ2v) is 7.53. The van der Waals surface area contributed by atoms with Crippen LogP contribution in [0.4, 0.5) is 5.13 Å². The maximum atomic E-state index is 12.9. The van der Waals surface area contributed by atoms with Crippen molar-refractivity contribution in [3.8, 4) is 5.75 Å². The summed E-state index contributed by atoms with van der Waals surface area (Å²) < 4.78 is 6.66. The van der Waals surface area contributed by atoms with Gasteiger partial charge in [0.05, 0.1) is 12.7 Å². The number of nitrogens with zero attached hydrogens (tertiary/aromatic N) is 4. The van der Waals surface area contributed by atoms with E-state index in [9.17, 15) is 9.59 Å². The molecule has 2 unspecified atom stereocenters. The van der Waals surface area contributed by atoms with Gasteiger partial charge in [0.1, 0.15) is 5.75 Å². The predicted molar refractivity (Wildman–Crippen MR) is 95.4 cm³/mol. The number of likely N-dealkylation sites (tertiary alicyclic amines) is 1. The number of fused-ring (bicyclic) bond motifs is 1. The molecule has 2 aromatic heterocycles. The van der Waals surface area contributed by atoms with Crippen molar-refractivity contribution in [2.45, 2.75) is 0 Å². The summed E-state index contributed by atoms with van der Waals surface area (Å²) in [5, 5.41) is 3.05. The van der Waals surface area contributed by atoms with E-state index in [-0.39, 0.29) is 11.5 Å². The normalized spacial score (nSPS) is 22.3. The van der Waals surface area contributed by atoms with Gasteiger partial charge < -0.3 is 19.1 Å². The maximum absolute atomic E-state index is 12.9. The lowest BCUT2D eigenvalue weighted by atomic mass is 10.0. The summed E-state index contributed by atoms with van der Waals surface area (Å²) in [5.41, 5.74) is 0.257. The van der Waals surface area contributed by atoms with E-state index < -0.39 is 0 Å². The van der Waals surface area contributed by atoms with Crippen LogP contribution in [0.25, 0.3) is 0 Å². The highest BCUT2D eigenvalue weighted by Gasteiger charge is 2.42. The van der Waals surface area contributed by atoms with Crippen molar-refractivity contribution in [1.29, 1.82) is 0 Å². The van der Waals surface area contributed by atoms with Gasteiger partial charge in [-0.15, -0.1) is 11.3 Å². The number of aryl methyl sites for hydroxylation is 1. The van der Waals surface area contributed by atoms with Crippen LogP contribution in [-0.2, 0) is 7.05 Å². The largest absolute Gasteiger partial charge is 0.496 e. The number of methoxy groups -OCH3 is 1. The molecule has 4 heterocycles. The molecule has 0 bridgehead atoms. The highest BCUT2D eigenvalue weighted by atomic mass is 32.1. The highest BCUT2D eigenvalue weighted by molar-refractivity contribution is 7.13. The van der Waals surface area contributed by atoms with Gasteiger partial charge in [0.15, 0.2) is 5.13 Å². The number of amides is 1. The Kier molecular flexibility index (Phi) is 3.99. The Bertz CT molecular complexity index is 834. The van der Waals surface area contributed by atoms with Crippen LogP contribution in [0.3, 0.4) is 0 Å². The van der Waals surface area contributed by atoms with Gasteiger partial charge in [0.2, 0.25) is 0 Å². The van der Waals surface area contributed by atoms with E-state index in [0.29, 0.717) is 23.1 Å². The van der Waals surface area contributed by atoms with Gasteiger partial charge in [-0.1, -0.05) is 0 Å². The van der Waals surface area contributed by atoms with Gasteiger partial charge in [-0.05, 0) is 0 Å². The quantitative estimate of drug-likeness (QED) is 0.819. The average molecular weight is 360 g/mol. The molecule has 1 amide bonds. The highest BCUT2D eigenvalue weighted by Crippen LogP contribution is 2.35. The van der Waals surface area contributed by atoms with Crippen molar-refractivity contribution in [1.82, 2.24) is 14.5 Å². The van der Waals surface area contributed by atoms with Gasteiger partial charge in [-0.3, -0.25) is 9.59 Å². The first-order valence-corrected chi connectivity index (χ1v) is 9.13. The molecule has 2 aliphatic rings.